The lowest BCUT2D eigenvalue weighted by Gasteiger charge is -2.21. The van der Waals surface area contributed by atoms with Gasteiger partial charge in [-0.25, -0.2) is 0 Å². The van der Waals surface area contributed by atoms with Gasteiger partial charge in [0, 0.05) is 39.4 Å². The highest BCUT2D eigenvalue weighted by molar-refractivity contribution is 5.79. The normalized spacial score (nSPS) is 12.9. The Morgan fingerprint density at radius 1 is 1.07 bits per heavy atom. The zero-order chi connectivity index (χ0) is 20.1. The molecule has 0 bridgehead atoms. The van der Waals surface area contributed by atoms with Gasteiger partial charge in [0.25, 0.3) is 0 Å². The summed E-state index contributed by atoms with van der Waals surface area (Å²) < 4.78 is 0. The Bertz CT molecular complexity index is 520. The topological polar surface area (TPSA) is 42.9 Å². The molecule has 1 aromatic rings. The van der Waals surface area contributed by atoms with E-state index < -0.39 is 0 Å². The molecule has 0 aliphatic heterocycles. The van der Waals surface area contributed by atoms with Crippen molar-refractivity contribution in [3.05, 3.63) is 29.8 Å². The molecule has 0 spiro atoms. The van der Waals surface area contributed by atoms with Crippen LogP contribution in [-0.4, -0.2) is 64.2 Å². The van der Waals surface area contributed by atoms with Gasteiger partial charge in [-0.05, 0) is 69.9 Å². The Balaban J connectivity index is 2.23. The Hall–Kier alpha value is -1.75. The van der Waals surface area contributed by atoms with Crippen molar-refractivity contribution >= 4 is 11.6 Å². The third-order valence-electron chi connectivity index (χ3n) is 5.00. The van der Waals surface area contributed by atoms with Crippen LogP contribution in [0, 0.1) is 0 Å². The molecule has 0 aliphatic rings. The average molecular weight is 376 g/mol. The van der Waals surface area contributed by atoms with Crippen LogP contribution in [0.15, 0.2) is 29.3 Å². The summed E-state index contributed by atoms with van der Waals surface area (Å²) in [5.74, 6) is 0.910. The number of aryl methyl sites for hydroxylation is 1. The number of rotatable bonds is 12. The number of hydrogen-bond acceptors (Lipinski definition) is 3. The molecule has 0 fully saturated rings. The second-order valence-electron chi connectivity index (χ2n) is 7.38. The van der Waals surface area contributed by atoms with Crippen molar-refractivity contribution in [2.24, 2.45) is 4.99 Å². The molecule has 1 atom stereocenters. The van der Waals surface area contributed by atoms with Crippen LogP contribution in [0.3, 0.4) is 0 Å². The van der Waals surface area contributed by atoms with E-state index in [0.29, 0.717) is 6.04 Å². The van der Waals surface area contributed by atoms with E-state index in [1.54, 1.807) is 0 Å². The molecule has 1 rings (SSSR count). The highest BCUT2D eigenvalue weighted by Gasteiger charge is 2.06. The maximum Gasteiger partial charge on any atom is 0.191 e. The zero-order valence-electron chi connectivity index (χ0n) is 18.4. The van der Waals surface area contributed by atoms with Gasteiger partial charge in [-0.15, -0.1) is 0 Å². The quantitative estimate of drug-likeness (QED) is 0.334. The fourth-order valence-corrected chi connectivity index (χ4v) is 3.12. The van der Waals surface area contributed by atoms with Crippen molar-refractivity contribution < 1.29 is 0 Å². The van der Waals surface area contributed by atoms with Crippen LogP contribution < -0.4 is 15.5 Å². The van der Waals surface area contributed by atoms with E-state index in [2.05, 4.69) is 84.6 Å². The third-order valence-corrected chi connectivity index (χ3v) is 5.00. The van der Waals surface area contributed by atoms with Crippen molar-refractivity contribution in [1.82, 2.24) is 15.5 Å². The average Bonchev–Trinajstić information content (AvgIpc) is 2.68. The SMILES string of the molecule is CCN(CC)CCCC(C)NC(=NC)NCCCc1ccc(N(C)C)cc1. The summed E-state index contributed by atoms with van der Waals surface area (Å²) in [4.78, 5) is 8.96. The van der Waals surface area contributed by atoms with E-state index in [-0.39, 0.29) is 0 Å². The molecule has 1 aromatic carbocycles. The van der Waals surface area contributed by atoms with Crippen LogP contribution >= 0.6 is 0 Å². The zero-order valence-corrected chi connectivity index (χ0v) is 18.4. The van der Waals surface area contributed by atoms with Gasteiger partial charge in [0.1, 0.15) is 0 Å². The molecule has 0 amide bonds. The number of hydrogen-bond donors (Lipinski definition) is 2. The first kappa shape index (κ1) is 23.3. The minimum Gasteiger partial charge on any atom is -0.378 e. The van der Waals surface area contributed by atoms with E-state index >= 15 is 0 Å². The smallest absolute Gasteiger partial charge is 0.191 e. The number of benzene rings is 1. The fraction of sp³-hybridized carbons (Fsp3) is 0.682. The van der Waals surface area contributed by atoms with E-state index in [1.165, 1.54) is 24.2 Å². The summed E-state index contributed by atoms with van der Waals surface area (Å²) in [6.45, 7) is 11.1. The predicted molar refractivity (Wildman–Crippen MR) is 120 cm³/mol. The first-order valence-electron chi connectivity index (χ1n) is 10.5. The highest BCUT2D eigenvalue weighted by Crippen LogP contribution is 2.13. The van der Waals surface area contributed by atoms with Gasteiger partial charge in [-0.2, -0.15) is 0 Å². The van der Waals surface area contributed by atoms with Crippen molar-refractivity contribution in [1.29, 1.82) is 0 Å². The van der Waals surface area contributed by atoms with Crippen LogP contribution in [0.2, 0.25) is 0 Å². The number of anilines is 1. The fourth-order valence-electron chi connectivity index (χ4n) is 3.12. The lowest BCUT2D eigenvalue weighted by atomic mass is 10.1. The standard InChI is InChI=1S/C22H41N5/c1-7-27(8-2)18-10-11-19(3)25-22(23-4)24-17-9-12-20-13-15-21(16-14-20)26(5)6/h13-16,19H,7-12,17-18H2,1-6H3,(H2,23,24,25). The molecule has 2 N–H and O–H groups in total. The van der Waals surface area contributed by atoms with E-state index in [1.807, 2.05) is 7.05 Å². The Kier molecular flexibility index (Phi) is 11.6. The number of nitrogens with zero attached hydrogens (tertiary/aromatic N) is 3. The largest absolute Gasteiger partial charge is 0.378 e. The Morgan fingerprint density at radius 3 is 2.30 bits per heavy atom. The molecule has 5 nitrogen and oxygen atoms in total. The third kappa shape index (κ3) is 9.66. The summed E-state index contributed by atoms with van der Waals surface area (Å²) in [5.41, 5.74) is 2.63. The van der Waals surface area contributed by atoms with E-state index in [4.69, 9.17) is 0 Å². The first-order chi connectivity index (χ1) is 13.0. The van der Waals surface area contributed by atoms with Gasteiger partial charge < -0.3 is 20.4 Å². The monoisotopic (exact) mass is 375 g/mol. The molecule has 0 heterocycles. The maximum absolute atomic E-state index is 4.36. The van der Waals surface area contributed by atoms with Crippen molar-refractivity contribution in [3.8, 4) is 0 Å². The molecular formula is C22H41N5. The van der Waals surface area contributed by atoms with Crippen LogP contribution in [0.4, 0.5) is 5.69 Å². The van der Waals surface area contributed by atoms with Crippen molar-refractivity contribution in [2.75, 3.05) is 52.2 Å². The lowest BCUT2D eigenvalue weighted by Crippen LogP contribution is -2.42. The second kappa shape index (κ2) is 13.4. The minimum atomic E-state index is 0.436. The molecule has 27 heavy (non-hydrogen) atoms. The highest BCUT2D eigenvalue weighted by atomic mass is 15.2. The Labute approximate surface area is 167 Å². The van der Waals surface area contributed by atoms with Gasteiger partial charge in [-0.1, -0.05) is 26.0 Å². The van der Waals surface area contributed by atoms with E-state index in [0.717, 1.165) is 44.9 Å². The summed E-state index contributed by atoms with van der Waals surface area (Å²) in [6, 6.07) is 9.25. The number of guanidine groups is 1. The van der Waals surface area contributed by atoms with E-state index in [9.17, 15) is 0 Å². The summed E-state index contributed by atoms with van der Waals surface area (Å²) in [7, 11) is 5.99. The molecule has 5 heteroatoms. The molecule has 0 radical (unpaired) electrons. The van der Waals surface area contributed by atoms with Gasteiger partial charge in [0.15, 0.2) is 5.96 Å². The van der Waals surface area contributed by atoms with Gasteiger partial charge in [0.2, 0.25) is 0 Å². The molecular weight excluding hydrogens is 334 g/mol. The minimum absolute atomic E-state index is 0.436. The lowest BCUT2D eigenvalue weighted by molar-refractivity contribution is 0.292. The first-order valence-corrected chi connectivity index (χ1v) is 10.5. The molecule has 0 aromatic heterocycles. The summed E-state index contributed by atoms with van der Waals surface area (Å²) in [5, 5.41) is 6.95. The maximum atomic E-state index is 4.36. The van der Waals surface area contributed by atoms with Crippen LogP contribution in [0.25, 0.3) is 0 Å². The van der Waals surface area contributed by atoms with Gasteiger partial charge >= 0.3 is 0 Å². The van der Waals surface area contributed by atoms with Gasteiger partial charge in [0.05, 0.1) is 0 Å². The molecule has 1 unspecified atom stereocenters. The predicted octanol–water partition coefficient (Wildman–Crippen LogP) is 3.36. The molecule has 154 valence electrons. The molecule has 0 saturated carbocycles. The summed E-state index contributed by atoms with van der Waals surface area (Å²) in [6.07, 6.45) is 4.56. The van der Waals surface area contributed by atoms with Crippen LogP contribution in [0.5, 0.6) is 0 Å². The van der Waals surface area contributed by atoms with Crippen molar-refractivity contribution in [2.45, 2.75) is 52.5 Å². The van der Waals surface area contributed by atoms with Crippen molar-refractivity contribution in [3.63, 3.8) is 0 Å². The number of aliphatic imine (C=N–C) groups is 1. The molecule has 0 saturated heterocycles. The van der Waals surface area contributed by atoms with Crippen LogP contribution in [-0.2, 0) is 6.42 Å². The second-order valence-corrected chi connectivity index (χ2v) is 7.38. The molecule has 0 aliphatic carbocycles. The number of nitrogens with one attached hydrogen (secondary N) is 2. The summed E-state index contributed by atoms with van der Waals surface area (Å²) >= 11 is 0. The van der Waals surface area contributed by atoms with Crippen LogP contribution in [0.1, 0.15) is 45.6 Å². The Morgan fingerprint density at radius 2 is 1.74 bits per heavy atom. The van der Waals surface area contributed by atoms with Gasteiger partial charge in [-0.3, -0.25) is 4.99 Å².